The molecule has 0 fully saturated rings. The molecule has 4 nitrogen and oxygen atoms in total. The molecule has 1 amide bonds. The quantitative estimate of drug-likeness (QED) is 0.693. The molecule has 0 bridgehead atoms. The molecule has 0 saturated heterocycles. The third kappa shape index (κ3) is 5.01. The molecule has 0 spiro atoms. The summed E-state index contributed by atoms with van der Waals surface area (Å²) in [6, 6.07) is 16.0. The third-order valence-corrected chi connectivity index (χ3v) is 4.59. The minimum Gasteiger partial charge on any atom is -0.497 e. The molecule has 2 aromatic carbocycles. The maximum atomic E-state index is 13.0. The maximum absolute atomic E-state index is 13.0. The van der Waals surface area contributed by atoms with Gasteiger partial charge in [-0.05, 0) is 37.0 Å². The Bertz CT molecular complexity index is 713. The van der Waals surface area contributed by atoms with E-state index >= 15 is 0 Å². The van der Waals surface area contributed by atoms with Crippen LogP contribution in [0, 0.1) is 0 Å². The van der Waals surface area contributed by atoms with Gasteiger partial charge in [0, 0.05) is 25.1 Å². The van der Waals surface area contributed by atoms with E-state index in [0.717, 1.165) is 22.6 Å². The Morgan fingerprint density at radius 3 is 2.27 bits per heavy atom. The van der Waals surface area contributed by atoms with Crippen molar-refractivity contribution < 1.29 is 14.3 Å². The van der Waals surface area contributed by atoms with Gasteiger partial charge in [-0.15, -0.1) is 0 Å². The Balaban J connectivity index is 2.13. The van der Waals surface area contributed by atoms with E-state index in [-0.39, 0.29) is 17.9 Å². The Hall–Kier alpha value is -2.49. The highest BCUT2D eigenvalue weighted by molar-refractivity contribution is 5.77. The van der Waals surface area contributed by atoms with E-state index < -0.39 is 0 Å². The second kappa shape index (κ2) is 9.27. The van der Waals surface area contributed by atoms with Crippen molar-refractivity contribution in [1.29, 1.82) is 0 Å². The zero-order valence-electron chi connectivity index (χ0n) is 16.4. The van der Waals surface area contributed by atoms with Gasteiger partial charge in [-0.1, -0.05) is 43.3 Å². The van der Waals surface area contributed by atoms with Crippen LogP contribution in [0.4, 0.5) is 0 Å². The van der Waals surface area contributed by atoms with Crippen molar-refractivity contribution in [2.45, 2.75) is 45.7 Å². The Labute approximate surface area is 156 Å². The summed E-state index contributed by atoms with van der Waals surface area (Å²) in [5.41, 5.74) is 2.16. The molecule has 1 atom stereocenters. The lowest BCUT2D eigenvalue weighted by molar-refractivity contribution is -0.133. The fourth-order valence-electron chi connectivity index (χ4n) is 3.05. The molecule has 0 radical (unpaired) electrons. The van der Waals surface area contributed by atoms with Gasteiger partial charge < -0.3 is 14.4 Å². The molecule has 2 aromatic rings. The summed E-state index contributed by atoms with van der Waals surface area (Å²) in [7, 11) is 3.27. The lowest BCUT2D eigenvalue weighted by atomic mass is 9.95. The normalized spacial score (nSPS) is 11.9. The molecule has 0 aromatic heterocycles. The standard InChI is InChI=1S/C22H29NO3/c1-16(2)23(15-18-9-7-6-8-10-18)22(24)13-17(3)20-12-11-19(25-4)14-21(20)26-5/h6-12,14,16-17H,13,15H2,1-5H3. The average Bonchev–Trinajstić information content (AvgIpc) is 2.65. The first-order valence-electron chi connectivity index (χ1n) is 9.01. The van der Waals surface area contributed by atoms with Gasteiger partial charge in [0.2, 0.25) is 5.91 Å². The first-order chi connectivity index (χ1) is 12.5. The monoisotopic (exact) mass is 355 g/mol. The van der Waals surface area contributed by atoms with E-state index in [1.54, 1.807) is 14.2 Å². The number of carbonyl (C=O) groups is 1. The number of benzene rings is 2. The zero-order chi connectivity index (χ0) is 19.1. The maximum Gasteiger partial charge on any atom is 0.223 e. The van der Waals surface area contributed by atoms with E-state index in [9.17, 15) is 4.79 Å². The van der Waals surface area contributed by atoms with Crippen molar-refractivity contribution in [3.8, 4) is 11.5 Å². The summed E-state index contributed by atoms with van der Waals surface area (Å²) in [6.07, 6.45) is 0.438. The molecular formula is C22H29NO3. The Kier molecular flexibility index (Phi) is 7.07. The van der Waals surface area contributed by atoms with Crippen LogP contribution >= 0.6 is 0 Å². The van der Waals surface area contributed by atoms with Crippen LogP contribution in [0.3, 0.4) is 0 Å². The lowest BCUT2D eigenvalue weighted by Gasteiger charge is -2.28. The van der Waals surface area contributed by atoms with Gasteiger partial charge in [0.05, 0.1) is 14.2 Å². The molecule has 0 N–H and O–H groups in total. The largest absolute Gasteiger partial charge is 0.497 e. The highest BCUT2D eigenvalue weighted by Gasteiger charge is 2.22. The van der Waals surface area contributed by atoms with Crippen LogP contribution in [0.5, 0.6) is 11.5 Å². The Morgan fingerprint density at radius 1 is 1.00 bits per heavy atom. The smallest absolute Gasteiger partial charge is 0.223 e. The number of nitrogens with zero attached hydrogens (tertiary/aromatic N) is 1. The predicted octanol–water partition coefficient (Wildman–Crippen LogP) is 4.63. The Morgan fingerprint density at radius 2 is 1.69 bits per heavy atom. The summed E-state index contributed by atoms with van der Waals surface area (Å²) in [5, 5.41) is 0. The molecule has 26 heavy (non-hydrogen) atoms. The number of hydrogen-bond acceptors (Lipinski definition) is 3. The van der Waals surface area contributed by atoms with Crippen LogP contribution < -0.4 is 9.47 Å². The number of amides is 1. The fraction of sp³-hybridized carbons (Fsp3) is 0.409. The van der Waals surface area contributed by atoms with E-state index in [1.165, 1.54) is 0 Å². The molecule has 2 rings (SSSR count). The van der Waals surface area contributed by atoms with Crippen molar-refractivity contribution >= 4 is 5.91 Å². The topological polar surface area (TPSA) is 38.8 Å². The van der Waals surface area contributed by atoms with Gasteiger partial charge in [0.25, 0.3) is 0 Å². The number of hydrogen-bond donors (Lipinski definition) is 0. The van der Waals surface area contributed by atoms with Crippen molar-refractivity contribution in [2.24, 2.45) is 0 Å². The predicted molar refractivity (Wildman–Crippen MR) is 105 cm³/mol. The number of methoxy groups -OCH3 is 2. The molecule has 1 unspecified atom stereocenters. The SMILES string of the molecule is COc1ccc(C(C)CC(=O)N(Cc2ccccc2)C(C)C)c(OC)c1. The molecule has 0 saturated carbocycles. The van der Waals surface area contributed by atoms with Gasteiger partial charge in [-0.2, -0.15) is 0 Å². The van der Waals surface area contributed by atoms with Crippen LogP contribution in [0.25, 0.3) is 0 Å². The molecular weight excluding hydrogens is 326 g/mol. The van der Waals surface area contributed by atoms with Crippen LogP contribution in [-0.2, 0) is 11.3 Å². The fourth-order valence-corrected chi connectivity index (χ4v) is 3.05. The van der Waals surface area contributed by atoms with Gasteiger partial charge in [-0.25, -0.2) is 0 Å². The molecule has 0 aliphatic heterocycles. The van der Waals surface area contributed by atoms with Crippen molar-refractivity contribution in [1.82, 2.24) is 4.90 Å². The molecule has 0 aliphatic rings. The van der Waals surface area contributed by atoms with Gasteiger partial charge in [0.15, 0.2) is 0 Å². The van der Waals surface area contributed by atoms with Crippen molar-refractivity contribution in [3.63, 3.8) is 0 Å². The van der Waals surface area contributed by atoms with E-state index in [0.29, 0.717) is 13.0 Å². The highest BCUT2D eigenvalue weighted by atomic mass is 16.5. The molecule has 140 valence electrons. The van der Waals surface area contributed by atoms with Crippen molar-refractivity contribution in [3.05, 3.63) is 59.7 Å². The van der Waals surface area contributed by atoms with Crippen LogP contribution in [0.1, 0.15) is 44.2 Å². The average molecular weight is 355 g/mol. The third-order valence-electron chi connectivity index (χ3n) is 4.59. The first kappa shape index (κ1) is 19.8. The molecule has 0 heterocycles. The minimum atomic E-state index is 0.0559. The summed E-state index contributed by atoms with van der Waals surface area (Å²) < 4.78 is 10.7. The molecule has 0 aliphatic carbocycles. The van der Waals surface area contributed by atoms with Gasteiger partial charge in [-0.3, -0.25) is 4.79 Å². The van der Waals surface area contributed by atoms with Gasteiger partial charge in [0.1, 0.15) is 11.5 Å². The summed E-state index contributed by atoms with van der Waals surface area (Å²) in [6.45, 7) is 6.80. The first-order valence-corrected chi connectivity index (χ1v) is 9.01. The number of carbonyl (C=O) groups excluding carboxylic acids is 1. The van der Waals surface area contributed by atoms with Crippen LogP contribution in [-0.4, -0.2) is 31.1 Å². The number of rotatable bonds is 8. The van der Waals surface area contributed by atoms with E-state index in [1.807, 2.05) is 41.3 Å². The van der Waals surface area contributed by atoms with E-state index in [2.05, 4.69) is 32.9 Å². The van der Waals surface area contributed by atoms with Crippen molar-refractivity contribution in [2.75, 3.05) is 14.2 Å². The van der Waals surface area contributed by atoms with Gasteiger partial charge >= 0.3 is 0 Å². The lowest BCUT2D eigenvalue weighted by Crippen LogP contribution is -2.36. The second-order valence-corrected chi connectivity index (χ2v) is 6.81. The molecule has 4 heteroatoms. The summed E-state index contributed by atoms with van der Waals surface area (Å²) in [5.74, 6) is 1.70. The summed E-state index contributed by atoms with van der Waals surface area (Å²) in [4.78, 5) is 14.9. The zero-order valence-corrected chi connectivity index (χ0v) is 16.4. The number of ether oxygens (including phenoxy) is 2. The van der Waals surface area contributed by atoms with Crippen LogP contribution in [0.2, 0.25) is 0 Å². The minimum absolute atomic E-state index is 0.0559. The second-order valence-electron chi connectivity index (χ2n) is 6.81. The van der Waals surface area contributed by atoms with Crippen LogP contribution in [0.15, 0.2) is 48.5 Å². The summed E-state index contributed by atoms with van der Waals surface area (Å²) >= 11 is 0. The van der Waals surface area contributed by atoms with E-state index in [4.69, 9.17) is 9.47 Å². The highest BCUT2D eigenvalue weighted by Crippen LogP contribution is 2.32.